The smallest absolute Gasteiger partial charge is 0.387 e. The maximum Gasteiger partial charge on any atom is 0.416 e. The molecule has 2 unspecified atom stereocenters. The Hall–Kier alpha value is -6.65. The molecular formula is C60H54F6N4. The average Bonchev–Trinajstić information content (AvgIpc) is 3.93. The quantitative estimate of drug-likeness (QED) is 0.0816. The van der Waals surface area contributed by atoms with Gasteiger partial charge in [-0.05, 0) is 154 Å². The minimum Gasteiger partial charge on any atom is -0.387 e. The van der Waals surface area contributed by atoms with E-state index in [1.807, 2.05) is 42.5 Å². The standard InChI is InChI=1S/C60H54F6N4/c61-59(62,63)44-30-39(31-45(35-44)60(64,65)66)29-42-19-20-51-49-18-10-8-14-41(49)34-54(51)57(42)70-26-23-46(36-47(70)32-38-11-3-1-4-12-38)69-27-24-58(25-28-69,43-15-5-2-6-16-43)55-22-21-50-48-17-9-7-13-40(48)33-52(50)53(55)37-56(67)68/h1-22,30-31,35,46-47H,23-29,32-34,36-37H2,(H3,67,68). The van der Waals surface area contributed by atoms with Gasteiger partial charge in [-0.3, -0.25) is 5.41 Å². The summed E-state index contributed by atoms with van der Waals surface area (Å²) in [4.78, 5) is 5.12. The predicted octanol–water partition coefficient (Wildman–Crippen LogP) is 13.6. The summed E-state index contributed by atoms with van der Waals surface area (Å²) < 4.78 is 85.2. The van der Waals surface area contributed by atoms with Gasteiger partial charge < -0.3 is 15.5 Å². The van der Waals surface area contributed by atoms with Gasteiger partial charge >= 0.3 is 12.4 Å². The number of rotatable bonds is 10. The van der Waals surface area contributed by atoms with E-state index < -0.39 is 23.5 Å². The van der Waals surface area contributed by atoms with Gasteiger partial charge in [0.25, 0.3) is 0 Å². The second-order valence-electron chi connectivity index (χ2n) is 19.9. The van der Waals surface area contributed by atoms with E-state index in [-0.39, 0.29) is 41.4 Å². The molecule has 11 rings (SSSR count). The molecule has 0 aromatic heterocycles. The number of benzene rings is 7. The van der Waals surface area contributed by atoms with Crippen molar-refractivity contribution < 1.29 is 26.3 Å². The molecule has 4 nitrogen and oxygen atoms in total. The third kappa shape index (κ3) is 8.48. The molecule has 0 spiro atoms. The fourth-order valence-electron chi connectivity index (χ4n) is 12.7. The highest BCUT2D eigenvalue weighted by molar-refractivity contribution is 5.86. The Bertz CT molecular complexity index is 3070. The summed E-state index contributed by atoms with van der Waals surface area (Å²) in [5.41, 5.74) is 19.3. The first-order valence-electron chi connectivity index (χ1n) is 24.4. The monoisotopic (exact) mass is 944 g/mol. The molecular weight excluding hydrogens is 891 g/mol. The Morgan fingerprint density at radius 2 is 1.19 bits per heavy atom. The number of fused-ring (bicyclic) bond motifs is 6. The zero-order valence-corrected chi connectivity index (χ0v) is 38.8. The second kappa shape index (κ2) is 17.9. The highest BCUT2D eigenvalue weighted by Gasteiger charge is 2.44. The number of hydrogen-bond acceptors (Lipinski definition) is 3. The van der Waals surface area contributed by atoms with Gasteiger partial charge in [0.05, 0.1) is 17.0 Å². The first-order chi connectivity index (χ1) is 33.7. The van der Waals surface area contributed by atoms with E-state index in [1.165, 1.54) is 44.5 Å². The van der Waals surface area contributed by atoms with Crippen LogP contribution in [0.3, 0.4) is 0 Å². The highest BCUT2D eigenvalue weighted by Crippen LogP contribution is 2.50. The van der Waals surface area contributed by atoms with Crippen LogP contribution in [-0.2, 0) is 49.9 Å². The first-order valence-corrected chi connectivity index (χ1v) is 24.4. The van der Waals surface area contributed by atoms with Crippen molar-refractivity contribution in [3.8, 4) is 22.3 Å². The molecule has 10 heteroatoms. The summed E-state index contributed by atoms with van der Waals surface area (Å²) >= 11 is 0. The van der Waals surface area contributed by atoms with E-state index in [1.54, 1.807) is 0 Å². The van der Waals surface area contributed by atoms with Gasteiger partial charge in [0.15, 0.2) is 0 Å². The van der Waals surface area contributed by atoms with E-state index in [9.17, 15) is 26.3 Å². The maximum atomic E-state index is 14.2. The number of anilines is 1. The lowest BCUT2D eigenvalue weighted by atomic mass is 9.65. The minimum atomic E-state index is -4.94. The molecule has 2 aliphatic heterocycles. The van der Waals surface area contributed by atoms with Crippen LogP contribution in [0.4, 0.5) is 32.0 Å². The largest absolute Gasteiger partial charge is 0.416 e. The second-order valence-corrected chi connectivity index (χ2v) is 19.9. The van der Waals surface area contributed by atoms with Crippen molar-refractivity contribution in [1.82, 2.24) is 4.90 Å². The number of hydrogen-bond donors (Lipinski definition) is 2. The molecule has 2 aliphatic carbocycles. The highest BCUT2D eigenvalue weighted by atomic mass is 19.4. The summed E-state index contributed by atoms with van der Waals surface area (Å²) in [6.45, 7) is 2.38. The van der Waals surface area contributed by atoms with Crippen LogP contribution >= 0.6 is 0 Å². The molecule has 7 aromatic rings. The van der Waals surface area contributed by atoms with Crippen molar-refractivity contribution in [2.45, 2.75) is 87.6 Å². The number of nitrogens with zero attached hydrogens (tertiary/aromatic N) is 2. The van der Waals surface area contributed by atoms with Gasteiger partial charge in [-0.2, -0.15) is 26.3 Å². The third-order valence-corrected chi connectivity index (χ3v) is 15.9. The lowest BCUT2D eigenvalue weighted by Crippen LogP contribution is -2.54. The summed E-state index contributed by atoms with van der Waals surface area (Å²) in [6.07, 6.45) is -4.00. The van der Waals surface area contributed by atoms with Crippen molar-refractivity contribution in [2.75, 3.05) is 24.5 Å². The third-order valence-electron chi connectivity index (χ3n) is 15.9. The maximum absolute atomic E-state index is 14.2. The molecule has 2 atom stereocenters. The van der Waals surface area contributed by atoms with Gasteiger partial charge in [-0.1, -0.05) is 133 Å². The number of alkyl halides is 6. The van der Waals surface area contributed by atoms with Crippen LogP contribution in [0.25, 0.3) is 22.3 Å². The molecule has 3 N–H and O–H groups in total. The zero-order valence-electron chi connectivity index (χ0n) is 38.8. The van der Waals surface area contributed by atoms with Gasteiger partial charge in [-0.15, -0.1) is 0 Å². The number of likely N-dealkylation sites (tertiary alicyclic amines) is 1. The topological polar surface area (TPSA) is 56.4 Å². The van der Waals surface area contributed by atoms with E-state index in [2.05, 4.69) is 101 Å². The van der Waals surface area contributed by atoms with Crippen molar-refractivity contribution in [3.63, 3.8) is 0 Å². The van der Waals surface area contributed by atoms with Gasteiger partial charge in [-0.25, -0.2) is 0 Å². The molecule has 4 aliphatic rings. The SMILES string of the molecule is N=C(N)Cc1c(C2(c3ccccc3)CCN(C3CCN(c4c(Cc5cc(C(F)(F)F)cc(C(F)(F)F)c5)ccc5c4Cc4ccccc4-5)C(Cc4ccccc4)C3)CC2)ccc2c1Cc1ccccc1-2. The van der Waals surface area contributed by atoms with Crippen LogP contribution in [0, 0.1) is 5.41 Å². The molecule has 0 amide bonds. The number of nitrogens with one attached hydrogen (secondary N) is 1. The summed E-state index contributed by atoms with van der Waals surface area (Å²) in [5.74, 6) is 0.152. The van der Waals surface area contributed by atoms with Crippen molar-refractivity contribution in [2.24, 2.45) is 5.73 Å². The Morgan fingerprint density at radius 1 is 0.614 bits per heavy atom. The molecule has 0 saturated carbocycles. The normalized spacial score (nSPS) is 18.5. The molecule has 356 valence electrons. The molecule has 2 heterocycles. The Balaban J connectivity index is 0.948. The summed E-state index contributed by atoms with van der Waals surface area (Å²) in [5, 5.41) is 8.57. The average molecular weight is 945 g/mol. The van der Waals surface area contributed by atoms with Gasteiger partial charge in [0, 0.05) is 42.6 Å². The zero-order chi connectivity index (χ0) is 48.4. The molecule has 0 bridgehead atoms. The summed E-state index contributed by atoms with van der Waals surface area (Å²) in [7, 11) is 0. The Kier molecular flexibility index (Phi) is 11.7. The molecule has 70 heavy (non-hydrogen) atoms. The van der Waals surface area contributed by atoms with Crippen LogP contribution in [-0.4, -0.2) is 42.5 Å². The number of nitrogens with two attached hydrogens (primary N) is 1. The molecule has 0 radical (unpaired) electrons. The van der Waals surface area contributed by atoms with E-state index in [0.717, 1.165) is 97.3 Å². The fourth-order valence-corrected chi connectivity index (χ4v) is 12.7. The van der Waals surface area contributed by atoms with Crippen LogP contribution in [0.2, 0.25) is 0 Å². The van der Waals surface area contributed by atoms with E-state index in [4.69, 9.17) is 11.1 Å². The van der Waals surface area contributed by atoms with Crippen LogP contribution in [0.1, 0.15) is 92.4 Å². The first kappa shape index (κ1) is 45.8. The van der Waals surface area contributed by atoms with E-state index in [0.29, 0.717) is 19.4 Å². The number of halogens is 6. The predicted molar refractivity (Wildman–Crippen MR) is 267 cm³/mol. The lowest BCUT2D eigenvalue weighted by molar-refractivity contribution is -0.143. The van der Waals surface area contributed by atoms with Gasteiger partial charge in [0.1, 0.15) is 0 Å². The lowest BCUT2D eigenvalue weighted by Gasteiger charge is -2.50. The van der Waals surface area contributed by atoms with Crippen molar-refractivity contribution in [1.29, 1.82) is 5.41 Å². The Morgan fingerprint density at radius 3 is 1.81 bits per heavy atom. The number of amidine groups is 1. The Labute approximate surface area is 405 Å². The van der Waals surface area contributed by atoms with Crippen molar-refractivity contribution >= 4 is 11.5 Å². The summed E-state index contributed by atoms with van der Waals surface area (Å²) in [6, 6.07) is 48.7. The van der Waals surface area contributed by atoms with Crippen LogP contribution in [0.15, 0.2) is 152 Å². The number of piperidine rings is 2. The molecule has 7 aromatic carbocycles. The molecule has 2 saturated heterocycles. The van der Waals surface area contributed by atoms with Crippen molar-refractivity contribution in [3.05, 3.63) is 218 Å². The van der Waals surface area contributed by atoms with Crippen LogP contribution in [0.5, 0.6) is 0 Å². The van der Waals surface area contributed by atoms with Gasteiger partial charge in [0.2, 0.25) is 0 Å². The van der Waals surface area contributed by atoms with Crippen LogP contribution < -0.4 is 10.6 Å². The fraction of sp³-hybridized carbons (Fsp3) is 0.283. The van der Waals surface area contributed by atoms with E-state index >= 15 is 0 Å². The molecule has 2 fully saturated rings. The minimum absolute atomic E-state index is 0.0105.